The molecule has 2 heterocycles. The van der Waals surface area contributed by atoms with Gasteiger partial charge in [-0.1, -0.05) is 18.2 Å². The number of nitrogens with zero attached hydrogens (tertiary/aromatic N) is 1. The third kappa shape index (κ3) is 2.91. The normalized spacial score (nSPS) is 10.7. The van der Waals surface area contributed by atoms with E-state index in [1.165, 1.54) is 24.5 Å². The second-order valence-electron chi connectivity index (χ2n) is 5.12. The molecule has 3 rings (SSSR count). The van der Waals surface area contributed by atoms with Crippen molar-refractivity contribution in [2.75, 3.05) is 6.61 Å². The number of carbonyl (C=O) groups excluding carboxylic acids is 2. The first-order chi connectivity index (χ1) is 11.1. The lowest BCUT2D eigenvalue weighted by Gasteiger charge is -2.04. The SMILES string of the molecule is Cc1[nH]c2ccccc2c1C(=O)COC(=O)c1cc[n+]([O-])cc1. The minimum Gasteiger partial charge on any atom is -0.619 e. The molecule has 116 valence electrons. The number of fused-ring (bicyclic) bond motifs is 1. The van der Waals surface area contributed by atoms with Gasteiger partial charge in [0.2, 0.25) is 5.78 Å². The Morgan fingerprint density at radius 3 is 2.61 bits per heavy atom. The largest absolute Gasteiger partial charge is 0.619 e. The highest BCUT2D eigenvalue weighted by atomic mass is 16.5. The van der Waals surface area contributed by atoms with Crippen LogP contribution in [0.15, 0.2) is 48.8 Å². The summed E-state index contributed by atoms with van der Waals surface area (Å²) in [5, 5.41) is 11.7. The second-order valence-corrected chi connectivity index (χ2v) is 5.12. The summed E-state index contributed by atoms with van der Waals surface area (Å²) in [7, 11) is 0. The van der Waals surface area contributed by atoms with Crippen molar-refractivity contribution in [3.63, 3.8) is 0 Å². The molecule has 0 aliphatic carbocycles. The molecule has 0 radical (unpaired) electrons. The van der Waals surface area contributed by atoms with Gasteiger partial charge in [-0.15, -0.1) is 0 Å². The van der Waals surface area contributed by atoms with Crippen LogP contribution in [0.25, 0.3) is 10.9 Å². The third-order valence-electron chi connectivity index (χ3n) is 3.54. The van der Waals surface area contributed by atoms with Crippen LogP contribution < -0.4 is 4.73 Å². The fourth-order valence-corrected chi connectivity index (χ4v) is 2.47. The van der Waals surface area contributed by atoms with Gasteiger partial charge in [0.25, 0.3) is 0 Å². The van der Waals surface area contributed by atoms with E-state index < -0.39 is 5.97 Å². The van der Waals surface area contributed by atoms with Crippen molar-refractivity contribution in [2.24, 2.45) is 0 Å². The number of aromatic amines is 1. The van der Waals surface area contributed by atoms with E-state index in [0.717, 1.165) is 16.6 Å². The minimum atomic E-state index is -0.642. The van der Waals surface area contributed by atoms with Gasteiger partial charge in [0.05, 0.1) is 5.56 Å². The van der Waals surface area contributed by atoms with Crippen molar-refractivity contribution in [3.8, 4) is 0 Å². The molecule has 23 heavy (non-hydrogen) atoms. The van der Waals surface area contributed by atoms with Crippen molar-refractivity contribution in [3.05, 3.63) is 70.8 Å². The predicted molar refractivity (Wildman–Crippen MR) is 83.1 cm³/mol. The van der Waals surface area contributed by atoms with E-state index in [1.54, 1.807) is 6.92 Å². The maximum Gasteiger partial charge on any atom is 0.339 e. The summed E-state index contributed by atoms with van der Waals surface area (Å²) < 4.78 is 5.61. The zero-order chi connectivity index (χ0) is 16.4. The molecule has 0 unspecified atom stereocenters. The number of esters is 1. The molecule has 6 nitrogen and oxygen atoms in total. The number of Topliss-reactive ketones (excluding diaryl/α,β-unsaturated/α-hetero) is 1. The highest BCUT2D eigenvalue weighted by Crippen LogP contribution is 2.22. The lowest BCUT2D eigenvalue weighted by atomic mass is 10.1. The number of para-hydroxylation sites is 1. The van der Waals surface area contributed by atoms with Crippen molar-refractivity contribution in [1.82, 2.24) is 4.98 Å². The third-order valence-corrected chi connectivity index (χ3v) is 3.54. The van der Waals surface area contributed by atoms with Gasteiger partial charge < -0.3 is 14.9 Å². The van der Waals surface area contributed by atoms with Crippen molar-refractivity contribution in [1.29, 1.82) is 0 Å². The second kappa shape index (κ2) is 5.92. The zero-order valence-electron chi connectivity index (χ0n) is 12.4. The average Bonchev–Trinajstić information content (AvgIpc) is 2.88. The molecule has 0 amide bonds. The fourth-order valence-electron chi connectivity index (χ4n) is 2.47. The monoisotopic (exact) mass is 310 g/mol. The molecule has 0 fully saturated rings. The Bertz CT molecular complexity index is 881. The topological polar surface area (TPSA) is 86.1 Å². The number of pyridine rings is 1. The van der Waals surface area contributed by atoms with Gasteiger partial charge in [-0.2, -0.15) is 4.73 Å². The Morgan fingerprint density at radius 2 is 1.87 bits per heavy atom. The van der Waals surface area contributed by atoms with Crippen molar-refractivity contribution >= 4 is 22.7 Å². The first-order valence-corrected chi connectivity index (χ1v) is 7.02. The fraction of sp³-hybridized carbons (Fsp3) is 0.118. The minimum absolute atomic E-state index is 0.223. The van der Waals surface area contributed by atoms with Gasteiger partial charge in [0.15, 0.2) is 19.0 Å². The van der Waals surface area contributed by atoms with Gasteiger partial charge in [0, 0.05) is 34.3 Å². The van der Waals surface area contributed by atoms with Gasteiger partial charge in [-0.05, 0) is 13.0 Å². The first-order valence-electron chi connectivity index (χ1n) is 7.02. The Balaban J connectivity index is 1.75. The highest BCUT2D eigenvalue weighted by molar-refractivity contribution is 6.10. The summed E-state index contributed by atoms with van der Waals surface area (Å²) in [4.78, 5) is 27.4. The number of benzene rings is 1. The molecule has 0 bridgehead atoms. The molecule has 0 saturated heterocycles. The van der Waals surface area contributed by atoms with E-state index in [2.05, 4.69) is 4.98 Å². The molecule has 0 atom stereocenters. The number of ketones is 1. The number of nitrogens with one attached hydrogen (secondary N) is 1. The van der Waals surface area contributed by atoms with Gasteiger partial charge >= 0.3 is 5.97 Å². The standard InChI is InChI=1S/C17H14N2O4/c1-11-16(13-4-2-3-5-14(13)18-11)15(20)10-23-17(21)12-6-8-19(22)9-7-12/h2-9,18H,10H2,1H3. The molecule has 2 aromatic heterocycles. The quantitative estimate of drug-likeness (QED) is 0.346. The summed E-state index contributed by atoms with van der Waals surface area (Å²) in [5.74, 6) is -0.917. The maximum absolute atomic E-state index is 12.4. The summed E-state index contributed by atoms with van der Waals surface area (Å²) in [6.07, 6.45) is 2.39. The van der Waals surface area contributed by atoms with Crippen LogP contribution in [0.3, 0.4) is 0 Å². The molecule has 6 heteroatoms. The van der Waals surface area contributed by atoms with E-state index in [-0.39, 0.29) is 18.0 Å². The molecule has 0 aliphatic rings. The van der Waals surface area contributed by atoms with Crippen LogP contribution in [0.1, 0.15) is 26.4 Å². The molecule has 0 saturated carbocycles. The number of rotatable bonds is 4. The molecular formula is C17H14N2O4. The van der Waals surface area contributed by atoms with Crippen LogP contribution in [0, 0.1) is 12.1 Å². The van der Waals surface area contributed by atoms with E-state index >= 15 is 0 Å². The van der Waals surface area contributed by atoms with Gasteiger partial charge in [-0.3, -0.25) is 4.79 Å². The first kappa shape index (κ1) is 14.8. The molecular weight excluding hydrogens is 296 g/mol. The van der Waals surface area contributed by atoms with Gasteiger partial charge in [0.1, 0.15) is 0 Å². The number of hydrogen-bond donors (Lipinski definition) is 1. The van der Waals surface area contributed by atoms with Crippen LogP contribution >= 0.6 is 0 Å². The number of H-pyrrole nitrogens is 1. The summed E-state index contributed by atoms with van der Waals surface area (Å²) >= 11 is 0. The van der Waals surface area contributed by atoms with Crippen LogP contribution in [0.4, 0.5) is 0 Å². The van der Waals surface area contributed by atoms with Gasteiger partial charge in [-0.25, -0.2) is 4.79 Å². The van der Waals surface area contributed by atoms with E-state index in [9.17, 15) is 14.8 Å². The smallest absolute Gasteiger partial charge is 0.339 e. The summed E-state index contributed by atoms with van der Waals surface area (Å²) in [5.41, 5.74) is 2.35. The number of aryl methyl sites for hydroxylation is 1. The molecule has 1 N–H and O–H groups in total. The van der Waals surface area contributed by atoms with Crippen LogP contribution in [0.2, 0.25) is 0 Å². The Morgan fingerprint density at radius 1 is 1.17 bits per heavy atom. The predicted octanol–water partition coefficient (Wildman–Crippen LogP) is 2.15. The zero-order valence-corrected chi connectivity index (χ0v) is 12.4. The van der Waals surface area contributed by atoms with Crippen molar-refractivity contribution < 1.29 is 19.1 Å². The van der Waals surface area contributed by atoms with Crippen LogP contribution in [0.5, 0.6) is 0 Å². The maximum atomic E-state index is 12.4. The molecule has 0 aliphatic heterocycles. The highest BCUT2D eigenvalue weighted by Gasteiger charge is 2.18. The van der Waals surface area contributed by atoms with Crippen LogP contribution in [-0.2, 0) is 4.74 Å². The van der Waals surface area contributed by atoms with E-state index in [0.29, 0.717) is 10.3 Å². The van der Waals surface area contributed by atoms with E-state index in [4.69, 9.17) is 4.74 Å². The molecule has 0 spiro atoms. The van der Waals surface area contributed by atoms with Crippen LogP contribution in [-0.4, -0.2) is 23.3 Å². The van der Waals surface area contributed by atoms with Crippen molar-refractivity contribution in [2.45, 2.75) is 6.92 Å². The Hall–Kier alpha value is -3.15. The Labute approximate surface area is 131 Å². The summed E-state index contributed by atoms with van der Waals surface area (Å²) in [6.45, 7) is 1.45. The lowest BCUT2D eigenvalue weighted by Crippen LogP contribution is -2.24. The molecule has 3 aromatic rings. The number of hydrogen-bond acceptors (Lipinski definition) is 4. The van der Waals surface area contributed by atoms with E-state index in [1.807, 2.05) is 24.3 Å². The number of carbonyl (C=O) groups is 2. The molecule has 1 aromatic carbocycles. The Kier molecular flexibility index (Phi) is 3.80. The number of aromatic nitrogens is 2. The average molecular weight is 310 g/mol. The summed E-state index contributed by atoms with van der Waals surface area (Å²) in [6, 6.07) is 10.1. The lowest BCUT2D eigenvalue weighted by molar-refractivity contribution is -0.605. The number of ether oxygens (including phenoxy) is 1.